The Morgan fingerprint density at radius 3 is 2.38 bits per heavy atom. The van der Waals surface area contributed by atoms with E-state index in [4.69, 9.17) is 0 Å². The van der Waals surface area contributed by atoms with E-state index in [-0.39, 0.29) is 5.60 Å². The van der Waals surface area contributed by atoms with E-state index in [1.165, 1.54) is 51.4 Å². The molecule has 0 aliphatic heterocycles. The van der Waals surface area contributed by atoms with Crippen LogP contribution in [0.3, 0.4) is 0 Å². The standard InChI is InChI=1S/C20H34O/c1-17(2)9-5-10-18(3)15(17)8-11-20-12-14(6-7-16(18)20)19(4,21)13-20/h14-16,21H,5-13H2,1-4H3/t14-,15-,16-,18-,19-,20+/m1/s1. The van der Waals surface area contributed by atoms with Gasteiger partial charge >= 0.3 is 0 Å². The monoisotopic (exact) mass is 290 g/mol. The molecule has 4 aliphatic carbocycles. The van der Waals surface area contributed by atoms with E-state index in [1.807, 2.05) is 0 Å². The molecule has 4 aliphatic rings. The maximum Gasteiger partial charge on any atom is 0.0653 e. The van der Waals surface area contributed by atoms with Crippen molar-refractivity contribution in [3.8, 4) is 0 Å². The van der Waals surface area contributed by atoms with Crippen LogP contribution in [-0.2, 0) is 0 Å². The lowest BCUT2D eigenvalue weighted by Crippen LogP contribution is -2.55. The molecule has 4 fully saturated rings. The van der Waals surface area contributed by atoms with Gasteiger partial charge in [0.1, 0.15) is 0 Å². The third-order valence-corrected chi connectivity index (χ3v) is 8.79. The van der Waals surface area contributed by atoms with Crippen molar-refractivity contribution in [3.63, 3.8) is 0 Å². The highest BCUT2D eigenvalue weighted by molar-refractivity contribution is 5.15. The second-order valence-corrected chi connectivity index (χ2v) is 10.4. The minimum absolute atomic E-state index is 0.373. The zero-order valence-corrected chi connectivity index (χ0v) is 14.5. The van der Waals surface area contributed by atoms with Crippen LogP contribution < -0.4 is 0 Å². The van der Waals surface area contributed by atoms with Crippen LogP contribution in [0.2, 0.25) is 0 Å². The minimum Gasteiger partial charge on any atom is -0.390 e. The van der Waals surface area contributed by atoms with Crippen LogP contribution in [-0.4, -0.2) is 10.7 Å². The number of rotatable bonds is 0. The Kier molecular flexibility index (Phi) is 2.82. The van der Waals surface area contributed by atoms with Crippen molar-refractivity contribution >= 4 is 0 Å². The van der Waals surface area contributed by atoms with E-state index in [1.54, 1.807) is 0 Å². The highest BCUT2D eigenvalue weighted by Gasteiger charge is 2.65. The van der Waals surface area contributed by atoms with Crippen molar-refractivity contribution in [2.45, 2.75) is 91.1 Å². The minimum atomic E-state index is -0.373. The molecule has 0 aromatic rings. The van der Waals surface area contributed by atoms with Crippen LogP contribution in [0.15, 0.2) is 0 Å². The molecule has 120 valence electrons. The second-order valence-electron chi connectivity index (χ2n) is 10.4. The summed E-state index contributed by atoms with van der Waals surface area (Å²) >= 11 is 0. The number of aliphatic hydroxyl groups is 1. The summed E-state index contributed by atoms with van der Waals surface area (Å²) in [6.45, 7) is 9.83. The molecule has 0 aromatic heterocycles. The normalized spacial score (nSPS) is 58.4. The fourth-order valence-electron chi connectivity index (χ4n) is 8.12. The van der Waals surface area contributed by atoms with Gasteiger partial charge in [0.2, 0.25) is 0 Å². The van der Waals surface area contributed by atoms with Gasteiger partial charge in [-0.1, -0.05) is 27.2 Å². The fraction of sp³-hybridized carbons (Fsp3) is 1.00. The maximum atomic E-state index is 10.9. The van der Waals surface area contributed by atoms with Crippen molar-refractivity contribution in [3.05, 3.63) is 0 Å². The Morgan fingerprint density at radius 2 is 1.62 bits per heavy atom. The SMILES string of the molecule is CC1(C)CCC[C@]2(C)[C@@H]1CC[C@@]13C[C@@H](CC[C@@H]12)[C@](C)(O)C3. The summed E-state index contributed by atoms with van der Waals surface area (Å²) in [5.41, 5.74) is 1.20. The van der Waals surface area contributed by atoms with Gasteiger partial charge in [-0.25, -0.2) is 0 Å². The first-order valence-corrected chi connectivity index (χ1v) is 9.42. The molecule has 21 heavy (non-hydrogen) atoms. The molecule has 1 spiro atoms. The topological polar surface area (TPSA) is 20.2 Å². The van der Waals surface area contributed by atoms with Gasteiger partial charge in [-0.05, 0) is 92.3 Å². The molecule has 6 atom stereocenters. The van der Waals surface area contributed by atoms with Gasteiger partial charge in [-0.2, -0.15) is 0 Å². The summed E-state index contributed by atoms with van der Waals surface area (Å²) in [5.74, 6) is 2.38. The van der Waals surface area contributed by atoms with Crippen molar-refractivity contribution in [1.82, 2.24) is 0 Å². The lowest BCUT2D eigenvalue weighted by molar-refractivity contribution is -0.145. The molecule has 1 N–H and O–H groups in total. The predicted molar refractivity (Wildman–Crippen MR) is 87.0 cm³/mol. The van der Waals surface area contributed by atoms with Gasteiger partial charge in [0.15, 0.2) is 0 Å². The highest BCUT2D eigenvalue weighted by Crippen LogP contribution is 2.72. The van der Waals surface area contributed by atoms with E-state index >= 15 is 0 Å². The van der Waals surface area contributed by atoms with Crippen LogP contribution in [0.4, 0.5) is 0 Å². The number of fused-ring (bicyclic) bond motifs is 3. The summed E-state index contributed by atoms with van der Waals surface area (Å²) in [6, 6.07) is 0. The van der Waals surface area contributed by atoms with Gasteiger partial charge < -0.3 is 5.11 Å². The molecule has 2 bridgehead atoms. The first-order chi connectivity index (χ1) is 9.70. The molecule has 1 nitrogen and oxygen atoms in total. The average Bonchev–Trinajstić information content (AvgIpc) is 2.53. The third kappa shape index (κ3) is 1.79. The lowest BCUT2D eigenvalue weighted by atomic mass is 9.41. The Bertz CT molecular complexity index is 451. The molecule has 0 radical (unpaired) electrons. The average molecular weight is 290 g/mol. The Balaban J connectivity index is 1.73. The maximum absolute atomic E-state index is 10.9. The molecular weight excluding hydrogens is 256 g/mol. The van der Waals surface area contributed by atoms with Gasteiger partial charge in [0, 0.05) is 0 Å². The van der Waals surface area contributed by atoms with Gasteiger partial charge in [-0.15, -0.1) is 0 Å². The van der Waals surface area contributed by atoms with Crippen LogP contribution in [0.5, 0.6) is 0 Å². The highest BCUT2D eigenvalue weighted by atomic mass is 16.3. The quantitative estimate of drug-likeness (QED) is 0.652. The van der Waals surface area contributed by atoms with Crippen molar-refractivity contribution in [1.29, 1.82) is 0 Å². The van der Waals surface area contributed by atoms with E-state index in [0.717, 1.165) is 18.3 Å². The molecule has 0 aromatic carbocycles. The molecule has 4 saturated carbocycles. The third-order valence-electron chi connectivity index (χ3n) is 8.79. The zero-order valence-electron chi connectivity index (χ0n) is 14.5. The summed E-state index contributed by atoms with van der Waals surface area (Å²) in [6.07, 6.45) is 12.2. The Morgan fingerprint density at radius 1 is 0.857 bits per heavy atom. The number of hydrogen-bond acceptors (Lipinski definition) is 1. The zero-order chi connectivity index (χ0) is 15.1. The molecule has 4 rings (SSSR count). The smallest absolute Gasteiger partial charge is 0.0653 e. The van der Waals surface area contributed by atoms with Gasteiger partial charge in [0.05, 0.1) is 5.60 Å². The van der Waals surface area contributed by atoms with Crippen molar-refractivity contribution in [2.75, 3.05) is 0 Å². The molecular formula is C20H34O. The van der Waals surface area contributed by atoms with E-state index < -0.39 is 0 Å². The predicted octanol–water partition coefficient (Wildman–Crippen LogP) is 5.17. The van der Waals surface area contributed by atoms with E-state index in [0.29, 0.717) is 22.2 Å². The summed E-state index contributed by atoms with van der Waals surface area (Å²) in [7, 11) is 0. The van der Waals surface area contributed by atoms with Crippen LogP contribution in [0, 0.1) is 34.0 Å². The van der Waals surface area contributed by atoms with Crippen LogP contribution in [0.1, 0.15) is 85.5 Å². The molecule has 1 heteroatoms. The molecule has 0 saturated heterocycles. The van der Waals surface area contributed by atoms with Crippen LogP contribution in [0.25, 0.3) is 0 Å². The largest absolute Gasteiger partial charge is 0.390 e. The van der Waals surface area contributed by atoms with E-state index in [2.05, 4.69) is 27.7 Å². The van der Waals surface area contributed by atoms with Crippen molar-refractivity contribution < 1.29 is 5.11 Å². The summed E-state index contributed by atoms with van der Waals surface area (Å²) < 4.78 is 0. The molecule has 0 unspecified atom stereocenters. The first kappa shape index (κ1) is 14.5. The number of hydrogen-bond donors (Lipinski definition) is 1. The van der Waals surface area contributed by atoms with Crippen molar-refractivity contribution in [2.24, 2.45) is 34.0 Å². The van der Waals surface area contributed by atoms with Crippen LogP contribution >= 0.6 is 0 Å². The summed E-state index contributed by atoms with van der Waals surface area (Å²) in [4.78, 5) is 0. The Hall–Kier alpha value is -0.0400. The summed E-state index contributed by atoms with van der Waals surface area (Å²) in [5, 5.41) is 10.9. The molecule has 0 heterocycles. The first-order valence-electron chi connectivity index (χ1n) is 9.42. The Labute approximate surface area is 130 Å². The van der Waals surface area contributed by atoms with Gasteiger partial charge in [0.25, 0.3) is 0 Å². The fourth-order valence-corrected chi connectivity index (χ4v) is 8.12. The molecule has 0 amide bonds. The van der Waals surface area contributed by atoms with E-state index in [9.17, 15) is 5.11 Å². The second kappa shape index (κ2) is 4.08. The lowest BCUT2D eigenvalue weighted by Gasteiger charge is -2.64. The van der Waals surface area contributed by atoms with Gasteiger partial charge in [-0.3, -0.25) is 0 Å².